The fourth-order valence-electron chi connectivity index (χ4n) is 7.99. The quantitative estimate of drug-likeness (QED) is 0.233. The Morgan fingerprint density at radius 2 is 1.52 bits per heavy atom. The maximum atomic E-state index is 14.5. The number of cyclic esters (lactones) is 1. The van der Waals surface area contributed by atoms with Gasteiger partial charge in [0.05, 0.1) is 12.6 Å². The van der Waals surface area contributed by atoms with E-state index >= 15 is 0 Å². The van der Waals surface area contributed by atoms with Gasteiger partial charge in [-0.15, -0.1) is 0 Å². The lowest BCUT2D eigenvalue weighted by atomic mass is 9.88. The number of nitrogens with one attached hydrogen (secondary N) is 3. The fraction of sp³-hybridized carbons (Fsp3) is 0.578. The van der Waals surface area contributed by atoms with Crippen molar-refractivity contribution in [1.82, 2.24) is 40.5 Å². The van der Waals surface area contributed by atoms with Gasteiger partial charge < -0.3 is 50.5 Å². The van der Waals surface area contributed by atoms with E-state index in [1.54, 1.807) is 58.0 Å². The maximum absolute atomic E-state index is 14.5. The molecule has 2 aliphatic heterocycles. The third-order valence-electron chi connectivity index (χ3n) is 12.0. The Kier molecular flexibility index (Phi) is 17.4. The lowest BCUT2D eigenvalue weighted by molar-refractivity contribution is -0.161. The van der Waals surface area contributed by atoms with Gasteiger partial charge >= 0.3 is 5.97 Å². The summed E-state index contributed by atoms with van der Waals surface area (Å²) in [6.45, 7) is 11.4. The third-order valence-corrected chi connectivity index (χ3v) is 12.0. The summed E-state index contributed by atoms with van der Waals surface area (Å²) >= 11 is 0. The van der Waals surface area contributed by atoms with Crippen molar-refractivity contribution >= 4 is 47.3 Å². The molecule has 3 heterocycles. The van der Waals surface area contributed by atoms with Crippen LogP contribution in [-0.2, 0) is 38.3 Å². The zero-order valence-corrected chi connectivity index (χ0v) is 38.3. The number of aliphatic hydroxyl groups is 1. The second-order valence-corrected chi connectivity index (χ2v) is 17.5. The molecular formula is C45H64N8O11. The average molecular weight is 893 g/mol. The summed E-state index contributed by atoms with van der Waals surface area (Å²) in [5.74, 6) is -7.67. The first-order valence-electron chi connectivity index (χ1n) is 21.7. The number of benzene rings is 1. The van der Waals surface area contributed by atoms with Gasteiger partial charge in [-0.25, -0.2) is 9.78 Å². The Morgan fingerprint density at radius 1 is 0.875 bits per heavy atom. The second kappa shape index (κ2) is 22.0. The molecule has 64 heavy (non-hydrogen) atoms. The van der Waals surface area contributed by atoms with Gasteiger partial charge in [0, 0.05) is 40.3 Å². The van der Waals surface area contributed by atoms with E-state index in [-0.39, 0.29) is 37.6 Å². The maximum Gasteiger partial charge on any atom is 0.333 e. The normalized spacial score (nSPS) is 26.8. The van der Waals surface area contributed by atoms with Gasteiger partial charge in [0.15, 0.2) is 11.7 Å². The molecular weight excluding hydrogens is 829 g/mol. The molecule has 7 amide bonds. The minimum absolute atomic E-state index is 0.0339. The number of carbonyl (C=O) groups excluding carboxylic acids is 8. The number of pyridine rings is 1. The van der Waals surface area contributed by atoms with E-state index in [1.165, 1.54) is 51.3 Å². The molecule has 9 atom stereocenters. The van der Waals surface area contributed by atoms with Crippen LogP contribution in [0.5, 0.6) is 5.75 Å². The number of aromatic hydroxyl groups is 1. The van der Waals surface area contributed by atoms with E-state index in [0.29, 0.717) is 5.56 Å². The van der Waals surface area contributed by atoms with E-state index in [2.05, 4.69) is 20.9 Å². The number of esters is 1. The highest BCUT2D eigenvalue weighted by Gasteiger charge is 2.45. The highest BCUT2D eigenvalue weighted by Crippen LogP contribution is 2.27. The molecule has 19 heteroatoms. The summed E-state index contributed by atoms with van der Waals surface area (Å²) in [4.78, 5) is 122. The Hall–Kier alpha value is -6.11. The van der Waals surface area contributed by atoms with Crippen molar-refractivity contribution < 1.29 is 53.3 Å². The van der Waals surface area contributed by atoms with Crippen molar-refractivity contribution in [3.8, 4) is 5.75 Å². The Labute approximate surface area is 374 Å². The zero-order valence-electron chi connectivity index (χ0n) is 38.3. The van der Waals surface area contributed by atoms with Crippen LogP contribution in [0.1, 0.15) is 89.8 Å². The van der Waals surface area contributed by atoms with Gasteiger partial charge in [-0.05, 0) is 55.2 Å². The van der Waals surface area contributed by atoms with Crippen LogP contribution in [0.3, 0.4) is 0 Å². The topological polar surface area (TPSA) is 248 Å². The number of amides is 7. The van der Waals surface area contributed by atoms with Crippen LogP contribution in [0.2, 0.25) is 0 Å². The molecule has 4 rings (SSSR count). The molecule has 4 unspecified atom stereocenters. The lowest BCUT2D eigenvalue weighted by Gasteiger charge is -2.37. The molecule has 0 spiro atoms. The van der Waals surface area contributed by atoms with Crippen molar-refractivity contribution in [1.29, 1.82) is 0 Å². The number of aromatic nitrogens is 1. The molecule has 5 N–H and O–H groups in total. The minimum atomic E-state index is -1.74. The number of nitrogens with zero attached hydrogens (tertiary/aromatic N) is 5. The van der Waals surface area contributed by atoms with Gasteiger partial charge in [0.1, 0.15) is 42.1 Å². The van der Waals surface area contributed by atoms with E-state index in [9.17, 15) is 48.6 Å². The zero-order chi connectivity index (χ0) is 47.7. The van der Waals surface area contributed by atoms with Gasteiger partial charge in [0.25, 0.3) is 5.91 Å². The van der Waals surface area contributed by atoms with Crippen LogP contribution in [0.15, 0.2) is 48.7 Å². The van der Waals surface area contributed by atoms with Crippen molar-refractivity contribution in [2.45, 2.75) is 116 Å². The van der Waals surface area contributed by atoms with Crippen molar-refractivity contribution in [3.05, 3.63) is 59.9 Å². The number of aliphatic hydroxyl groups excluding tert-OH is 1. The Morgan fingerprint density at radius 3 is 2.11 bits per heavy atom. The molecule has 1 aromatic heterocycles. The number of fused-ring (bicyclic) bond motifs is 1. The second-order valence-electron chi connectivity index (χ2n) is 17.5. The van der Waals surface area contributed by atoms with Crippen LogP contribution in [-0.4, -0.2) is 159 Å². The predicted octanol–water partition coefficient (Wildman–Crippen LogP) is 0.996. The van der Waals surface area contributed by atoms with E-state index in [0.717, 1.165) is 14.7 Å². The molecule has 350 valence electrons. The van der Waals surface area contributed by atoms with Gasteiger partial charge in [-0.1, -0.05) is 71.9 Å². The number of hydrogen-bond donors (Lipinski definition) is 5. The molecule has 2 fully saturated rings. The van der Waals surface area contributed by atoms with Gasteiger partial charge in [-0.3, -0.25) is 33.6 Å². The first kappa shape index (κ1) is 50.5. The third kappa shape index (κ3) is 11.9. The molecule has 0 saturated carbocycles. The summed E-state index contributed by atoms with van der Waals surface area (Å²) in [5.41, 5.74) is -0.136. The van der Waals surface area contributed by atoms with Crippen molar-refractivity contribution in [2.75, 3.05) is 34.2 Å². The van der Waals surface area contributed by atoms with Crippen molar-refractivity contribution in [2.24, 2.45) is 17.8 Å². The average Bonchev–Trinajstić information content (AvgIpc) is 3.64. The van der Waals surface area contributed by atoms with Crippen LogP contribution in [0, 0.1) is 17.8 Å². The summed E-state index contributed by atoms with van der Waals surface area (Å²) in [6, 6.07) is 2.70. The van der Waals surface area contributed by atoms with Crippen LogP contribution < -0.4 is 16.0 Å². The molecule has 0 radical (unpaired) electrons. The molecule has 1 aromatic carbocycles. The highest BCUT2D eigenvalue weighted by atomic mass is 16.5. The Bertz CT molecular complexity index is 2030. The summed E-state index contributed by atoms with van der Waals surface area (Å²) in [6.07, 6.45) is -1.44. The van der Waals surface area contributed by atoms with E-state index in [4.69, 9.17) is 4.74 Å². The molecule has 2 aliphatic rings. The fourth-order valence-corrected chi connectivity index (χ4v) is 7.99. The first-order chi connectivity index (χ1) is 30.1. The highest BCUT2D eigenvalue weighted by molar-refractivity contribution is 6.00. The summed E-state index contributed by atoms with van der Waals surface area (Å²) in [5, 5.41) is 29.2. The van der Waals surface area contributed by atoms with Gasteiger partial charge in [0.2, 0.25) is 35.4 Å². The number of hydrogen-bond acceptors (Lipinski definition) is 12. The SMILES string of the molecule is CCC1NC(=O)[C@H](C(C)C(C)C)N(C)C(=O)CN(C)C(=O)[C@H]2C[C@@H](O)CN2C(=O)[C@@H](CC(C)C)NC(=O)C(NC(=O)c2ncccc2O)[C@@H](C)OC(=O)C(c2ccccc2)N(C)C1=O. The molecule has 2 saturated heterocycles. The first-order valence-corrected chi connectivity index (χ1v) is 21.7. The van der Waals surface area contributed by atoms with E-state index < -0.39 is 120 Å². The van der Waals surface area contributed by atoms with Crippen LogP contribution >= 0.6 is 0 Å². The number of carbonyl (C=O) groups is 8. The smallest absolute Gasteiger partial charge is 0.333 e. The molecule has 0 aliphatic carbocycles. The largest absolute Gasteiger partial charge is 0.505 e. The van der Waals surface area contributed by atoms with Crippen LogP contribution in [0.4, 0.5) is 0 Å². The molecule has 19 nitrogen and oxygen atoms in total. The molecule has 2 aromatic rings. The summed E-state index contributed by atoms with van der Waals surface area (Å²) < 4.78 is 5.94. The minimum Gasteiger partial charge on any atom is -0.505 e. The van der Waals surface area contributed by atoms with Crippen molar-refractivity contribution in [3.63, 3.8) is 0 Å². The monoisotopic (exact) mass is 892 g/mol. The number of ether oxygens (including phenoxy) is 1. The van der Waals surface area contributed by atoms with Crippen LogP contribution in [0.25, 0.3) is 0 Å². The van der Waals surface area contributed by atoms with E-state index in [1.807, 2.05) is 13.8 Å². The Balaban J connectivity index is 1.88. The summed E-state index contributed by atoms with van der Waals surface area (Å²) in [7, 11) is 4.16. The number of rotatable bonds is 8. The predicted molar refractivity (Wildman–Crippen MR) is 233 cm³/mol. The number of likely N-dealkylation sites (N-methyl/N-ethyl adjacent to an activating group) is 3. The lowest BCUT2D eigenvalue weighted by Crippen LogP contribution is -2.60. The molecule has 0 bridgehead atoms. The van der Waals surface area contributed by atoms with Gasteiger partial charge in [-0.2, -0.15) is 0 Å². The standard InChI is InChI=1S/C45H64N8O11/c1-11-30-42(60)52(10)38(28-16-13-12-14-17-28)45(63)64-27(7)35(49-40(58)36-33(55)18-15-19-46-36)39(57)48-31(20-24(2)3)43(61)53-22-29(54)21-32(53)44(62)50(8)23-34(56)51(9)37(41(59)47-30)26(6)25(4)5/h12-19,24-27,29-32,35,37-38,54-55H,11,20-23H2,1-10H3,(H,47,59)(H,48,57)(H,49,58)/t26?,27-,29-,30?,31-,32-,35?,37+,38?/m1/s1.